The number of carbonyl (C=O) groups is 2. The van der Waals surface area contributed by atoms with Gasteiger partial charge in [-0.2, -0.15) is 5.10 Å². The molecule has 0 saturated carbocycles. The molecule has 0 fully saturated rings. The molecule has 7 heteroatoms. The standard InChI is InChI=1S/C24H24ClN3O3/c1-15-3-9-22(31-2)18(13-15)21(29)8-10-23(30)28-12-11-20-19(14-28)24(27-26-20)16-4-6-17(25)7-5-16/h3-7,9,13H,8,10-12,14H2,1-2H3,(H,26,27). The van der Waals surface area contributed by atoms with Crippen LogP contribution in [-0.4, -0.2) is 40.4 Å². The van der Waals surface area contributed by atoms with Crippen molar-refractivity contribution in [1.82, 2.24) is 15.1 Å². The highest BCUT2D eigenvalue weighted by Crippen LogP contribution is 2.29. The van der Waals surface area contributed by atoms with Crippen molar-refractivity contribution < 1.29 is 14.3 Å². The fourth-order valence-electron chi connectivity index (χ4n) is 3.91. The summed E-state index contributed by atoms with van der Waals surface area (Å²) < 4.78 is 5.30. The molecule has 1 aromatic heterocycles. The lowest BCUT2D eigenvalue weighted by molar-refractivity contribution is -0.132. The normalized spacial score (nSPS) is 13.1. The number of hydrogen-bond acceptors (Lipinski definition) is 4. The zero-order chi connectivity index (χ0) is 22.0. The Morgan fingerprint density at radius 3 is 2.68 bits per heavy atom. The molecule has 0 bridgehead atoms. The molecular formula is C24H24ClN3O3. The van der Waals surface area contributed by atoms with Gasteiger partial charge in [0.05, 0.1) is 18.4 Å². The van der Waals surface area contributed by atoms with Crippen LogP contribution in [0.5, 0.6) is 5.75 Å². The van der Waals surface area contributed by atoms with Crippen LogP contribution in [0, 0.1) is 6.92 Å². The highest BCUT2D eigenvalue weighted by molar-refractivity contribution is 6.30. The fraction of sp³-hybridized carbons (Fsp3) is 0.292. The predicted molar refractivity (Wildman–Crippen MR) is 119 cm³/mol. The first-order valence-electron chi connectivity index (χ1n) is 10.2. The van der Waals surface area contributed by atoms with E-state index in [9.17, 15) is 9.59 Å². The number of carbonyl (C=O) groups excluding carboxylic acids is 2. The molecule has 1 aliphatic heterocycles. The summed E-state index contributed by atoms with van der Waals surface area (Å²) in [6.45, 7) is 3.01. The number of rotatable bonds is 6. The molecule has 0 radical (unpaired) electrons. The van der Waals surface area contributed by atoms with Gasteiger partial charge in [0.1, 0.15) is 5.75 Å². The lowest BCUT2D eigenvalue weighted by Crippen LogP contribution is -2.36. The number of ketones is 1. The Morgan fingerprint density at radius 1 is 1.16 bits per heavy atom. The van der Waals surface area contributed by atoms with Crippen LogP contribution in [0.4, 0.5) is 0 Å². The number of amides is 1. The summed E-state index contributed by atoms with van der Waals surface area (Å²) in [6, 6.07) is 13.0. The maximum absolute atomic E-state index is 12.9. The van der Waals surface area contributed by atoms with Crippen LogP contribution >= 0.6 is 11.6 Å². The van der Waals surface area contributed by atoms with E-state index in [1.54, 1.807) is 18.1 Å². The molecule has 31 heavy (non-hydrogen) atoms. The lowest BCUT2D eigenvalue weighted by atomic mass is 10.00. The second-order valence-electron chi connectivity index (χ2n) is 7.73. The average molecular weight is 438 g/mol. The van der Waals surface area contributed by atoms with Crippen molar-refractivity contribution in [2.45, 2.75) is 32.7 Å². The van der Waals surface area contributed by atoms with Crippen molar-refractivity contribution in [3.63, 3.8) is 0 Å². The quantitative estimate of drug-likeness (QED) is 0.572. The molecule has 2 heterocycles. The Morgan fingerprint density at radius 2 is 1.94 bits per heavy atom. The maximum Gasteiger partial charge on any atom is 0.223 e. The second kappa shape index (κ2) is 8.94. The first-order chi connectivity index (χ1) is 15.0. The highest BCUT2D eigenvalue weighted by Gasteiger charge is 2.26. The SMILES string of the molecule is COc1ccc(C)cc1C(=O)CCC(=O)N1CCc2[nH]nc(-c3ccc(Cl)cc3)c2C1. The number of aryl methyl sites for hydroxylation is 1. The van der Waals surface area contributed by atoms with Crippen molar-refractivity contribution in [1.29, 1.82) is 0 Å². The van der Waals surface area contributed by atoms with Gasteiger partial charge in [-0.15, -0.1) is 0 Å². The number of aromatic amines is 1. The third-order valence-electron chi connectivity index (χ3n) is 5.63. The molecule has 0 saturated heterocycles. The average Bonchev–Trinajstić information content (AvgIpc) is 3.21. The summed E-state index contributed by atoms with van der Waals surface area (Å²) in [5, 5.41) is 8.22. The summed E-state index contributed by atoms with van der Waals surface area (Å²) in [5.74, 6) is 0.419. The fourth-order valence-corrected chi connectivity index (χ4v) is 4.03. The van der Waals surface area contributed by atoms with Crippen molar-refractivity contribution in [2.75, 3.05) is 13.7 Å². The molecule has 1 amide bonds. The van der Waals surface area contributed by atoms with Crippen LogP contribution in [0.2, 0.25) is 5.02 Å². The van der Waals surface area contributed by atoms with Gasteiger partial charge in [-0.25, -0.2) is 0 Å². The largest absolute Gasteiger partial charge is 0.496 e. The monoisotopic (exact) mass is 437 g/mol. The molecule has 1 aliphatic rings. The van der Waals surface area contributed by atoms with Crippen molar-refractivity contribution in [3.05, 3.63) is 69.9 Å². The van der Waals surface area contributed by atoms with Crippen LogP contribution in [0.15, 0.2) is 42.5 Å². The van der Waals surface area contributed by atoms with Crippen LogP contribution in [0.3, 0.4) is 0 Å². The number of fused-ring (bicyclic) bond motifs is 1. The summed E-state index contributed by atoms with van der Waals surface area (Å²) in [4.78, 5) is 27.4. The Hall–Kier alpha value is -3.12. The molecule has 0 spiro atoms. The molecule has 4 rings (SSSR count). The van der Waals surface area contributed by atoms with E-state index in [0.29, 0.717) is 35.8 Å². The van der Waals surface area contributed by atoms with Crippen LogP contribution in [0.1, 0.15) is 40.0 Å². The van der Waals surface area contributed by atoms with E-state index in [4.69, 9.17) is 16.3 Å². The van der Waals surface area contributed by atoms with Crippen molar-refractivity contribution in [2.24, 2.45) is 0 Å². The molecule has 2 aromatic carbocycles. The van der Waals surface area contributed by atoms with Crippen LogP contribution in [-0.2, 0) is 17.8 Å². The number of nitrogens with one attached hydrogen (secondary N) is 1. The summed E-state index contributed by atoms with van der Waals surface area (Å²) in [6.07, 6.45) is 1.03. The zero-order valence-electron chi connectivity index (χ0n) is 17.6. The number of nitrogens with zero attached hydrogens (tertiary/aromatic N) is 2. The number of methoxy groups -OCH3 is 1. The molecule has 0 unspecified atom stereocenters. The zero-order valence-corrected chi connectivity index (χ0v) is 18.3. The van der Waals surface area contributed by atoms with E-state index in [1.807, 2.05) is 43.3 Å². The van der Waals surface area contributed by atoms with Gasteiger partial charge in [0.25, 0.3) is 0 Å². The number of Topliss-reactive ketones (excluding diaryl/α,β-unsaturated/α-hetero) is 1. The van der Waals surface area contributed by atoms with Crippen LogP contribution in [0.25, 0.3) is 11.3 Å². The highest BCUT2D eigenvalue weighted by atomic mass is 35.5. The first-order valence-corrected chi connectivity index (χ1v) is 10.6. The Bertz CT molecular complexity index is 1120. The number of halogens is 1. The second-order valence-corrected chi connectivity index (χ2v) is 8.16. The number of H-pyrrole nitrogens is 1. The van der Waals surface area contributed by atoms with Gasteiger partial charge in [0.2, 0.25) is 5.91 Å². The summed E-state index contributed by atoms with van der Waals surface area (Å²) in [5.41, 5.74) is 5.37. The van der Waals surface area contributed by atoms with E-state index in [1.165, 1.54) is 0 Å². The maximum atomic E-state index is 12.9. The van der Waals surface area contributed by atoms with Gasteiger partial charge in [-0.05, 0) is 31.2 Å². The van der Waals surface area contributed by atoms with Gasteiger partial charge >= 0.3 is 0 Å². The molecule has 1 N–H and O–H groups in total. The molecule has 160 valence electrons. The summed E-state index contributed by atoms with van der Waals surface area (Å²) in [7, 11) is 1.54. The van der Waals surface area contributed by atoms with Gasteiger partial charge in [-0.1, -0.05) is 35.4 Å². The Labute approximate surface area is 186 Å². The summed E-state index contributed by atoms with van der Waals surface area (Å²) >= 11 is 6.00. The number of hydrogen-bond donors (Lipinski definition) is 1. The number of aromatic nitrogens is 2. The first kappa shape index (κ1) is 21.1. The van der Waals surface area contributed by atoms with Gasteiger partial charge in [-0.3, -0.25) is 14.7 Å². The number of ether oxygens (including phenoxy) is 1. The molecule has 0 atom stereocenters. The third kappa shape index (κ3) is 4.49. The van der Waals surface area contributed by atoms with E-state index in [0.717, 1.165) is 28.1 Å². The van der Waals surface area contributed by atoms with E-state index in [-0.39, 0.29) is 24.5 Å². The smallest absolute Gasteiger partial charge is 0.223 e. The predicted octanol–water partition coefficient (Wildman–Crippen LogP) is 4.59. The lowest BCUT2D eigenvalue weighted by Gasteiger charge is -2.27. The Kier molecular flexibility index (Phi) is 6.09. The van der Waals surface area contributed by atoms with E-state index < -0.39 is 0 Å². The minimum absolute atomic E-state index is 0.0334. The molecule has 6 nitrogen and oxygen atoms in total. The van der Waals surface area contributed by atoms with Crippen molar-refractivity contribution >= 4 is 23.3 Å². The van der Waals surface area contributed by atoms with Crippen molar-refractivity contribution in [3.8, 4) is 17.0 Å². The molecule has 3 aromatic rings. The number of benzene rings is 2. The minimum Gasteiger partial charge on any atom is -0.496 e. The van der Waals surface area contributed by atoms with E-state index in [2.05, 4.69) is 10.2 Å². The minimum atomic E-state index is -0.0863. The van der Waals surface area contributed by atoms with Crippen LogP contribution < -0.4 is 4.74 Å². The van der Waals surface area contributed by atoms with E-state index >= 15 is 0 Å². The topological polar surface area (TPSA) is 75.3 Å². The van der Waals surface area contributed by atoms with Gasteiger partial charge in [0.15, 0.2) is 5.78 Å². The molecule has 0 aliphatic carbocycles. The molecular weight excluding hydrogens is 414 g/mol. The van der Waals surface area contributed by atoms with Gasteiger partial charge in [0, 0.05) is 54.2 Å². The Balaban J connectivity index is 1.44. The van der Waals surface area contributed by atoms with Gasteiger partial charge < -0.3 is 9.64 Å². The third-order valence-corrected chi connectivity index (χ3v) is 5.88.